The van der Waals surface area contributed by atoms with Gasteiger partial charge in [0.1, 0.15) is 0 Å². The number of fused-ring (bicyclic) bond motifs is 1. The van der Waals surface area contributed by atoms with Gasteiger partial charge in [0, 0.05) is 7.05 Å². The molecule has 2 heterocycles. The summed E-state index contributed by atoms with van der Waals surface area (Å²) in [4.78, 5) is 40.6. The van der Waals surface area contributed by atoms with E-state index in [1.165, 1.54) is 20.0 Å². The number of benzene rings is 1. The molecule has 1 unspecified atom stereocenters. The molecule has 0 aliphatic carbocycles. The fourth-order valence-electron chi connectivity index (χ4n) is 2.56. The lowest BCUT2D eigenvalue weighted by molar-refractivity contribution is -0.122. The minimum atomic E-state index is -1.07. The van der Waals surface area contributed by atoms with Crippen LogP contribution in [0.25, 0.3) is 11.2 Å². The van der Waals surface area contributed by atoms with Gasteiger partial charge in [-0.3, -0.25) is 18.7 Å². The van der Waals surface area contributed by atoms with Gasteiger partial charge in [-0.2, -0.15) is 0 Å². The number of nitrogens with zero attached hydrogens (tertiary/aromatic N) is 5. The van der Waals surface area contributed by atoms with Crippen molar-refractivity contribution in [3.63, 3.8) is 0 Å². The molecular formula is C17H17F2N7O3. The Bertz CT molecular complexity index is 1220. The van der Waals surface area contributed by atoms with Crippen LogP contribution < -0.4 is 22.3 Å². The Morgan fingerprint density at radius 2 is 1.97 bits per heavy atom. The van der Waals surface area contributed by atoms with Gasteiger partial charge in [-0.05, 0) is 24.6 Å². The van der Waals surface area contributed by atoms with Crippen molar-refractivity contribution in [2.45, 2.75) is 26.1 Å². The predicted octanol–water partition coefficient (Wildman–Crippen LogP) is -0.825. The summed E-state index contributed by atoms with van der Waals surface area (Å²) in [5.41, 5.74) is 4.03. The van der Waals surface area contributed by atoms with Crippen molar-refractivity contribution in [3.8, 4) is 0 Å². The summed E-state index contributed by atoms with van der Waals surface area (Å²) >= 11 is 0. The monoisotopic (exact) mass is 405 g/mol. The maximum atomic E-state index is 13.5. The molecule has 152 valence electrons. The van der Waals surface area contributed by atoms with Gasteiger partial charge >= 0.3 is 5.69 Å². The lowest BCUT2D eigenvalue weighted by Gasteiger charge is -2.11. The molecule has 0 fully saturated rings. The highest BCUT2D eigenvalue weighted by molar-refractivity contribution is 5.80. The Labute approximate surface area is 162 Å². The maximum absolute atomic E-state index is 13.5. The molecule has 1 aromatic carbocycles. The highest BCUT2D eigenvalue weighted by Gasteiger charge is 2.17. The zero-order valence-corrected chi connectivity index (χ0v) is 15.5. The summed E-state index contributed by atoms with van der Waals surface area (Å²) in [6, 6.07) is 2.44. The largest absolute Gasteiger partial charge is 0.347 e. The number of halogens is 2. The first-order valence-corrected chi connectivity index (χ1v) is 8.49. The van der Waals surface area contributed by atoms with Gasteiger partial charge < -0.3 is 11.1 Å². The van der Waals surface area contributed by atoms with Crippen molar-refractivity contribution in [2.75, 3.05) is 0 Å². The molecule has 0 spiro atoms. The van der Waals surface area contributed by atoms with Crippen LogP contribution in [0.3, 0.4) is 0 Å². The second-order valence-electron chi connectivity index (χ2n) is 6.39. The number of nitrogens with two attached hydrogens (primary N) is 1. The molecule has 0 radical (unpaired) electrons. The molecule has 2 aromatic heterocycles. The van der Waals surface area contributed by atoms with E-state index in [-0.39, 0.29) is 35.6 Å². The van der Waals surface area contributed by atoms with Crippen molar-refractivity contribution in [1.82, 2.24) is 29.6 Å². The highest BCUT2D eigenvalue weighted by atomic mass is 19.2. The van der Waals surface area contributed by atoms with Gasteiger partial charge in [0.25, 0.3) is 5.56 Å². The Kier molecular flexibility index (Phi) is 5.46. The summed E-state index contributed by atoms with van der Waals surface area (Å²) < 4.78 is 28.5. The minimum absolute atomic E-state index is 0.0432. The Balaban J connectivity index is 2.06. The topological polar surface area (TPSA) is 138 Å². The first-order chi connectivity index (χ1) is 13.7. The minimum Gasteiger partial charge on any atom is -0.347 e. The van der Waals surface area contributed by atoms with Crippen LogP contribution >= 0.6 is 0 Å². The quantitative estimate of drug-likeness (QED) is 0.565. The zero-order chi connectivity index (χ0) is 21.3. The van der Waals surface area contributed by atoms with Gasteiger partial charge in [0.05, 0.1) is 19.1 Å². The van der Waals surface area contributed by atoms with Crippen LogP contribution in [0.15, 0.2) is 27.8 Å². The first-order valence-electron chi connectivity index (χ1n) is 8.49. The lowest BCUT2D eigenvalue weighted by atomic mass is 10.2. The van der Waals surface area contributed by atoms with Crippen LogP contribution in [0.1, 0.15) is 18.3 Å². The van der Waals surface area contributed by atoms with E-state index in [1.54, 1.807) is 0 Å². The third-order valence-corrected chi connectivity index (χ3v) is 4.15. The smallest absolute Gasteiger partial charge is 0.332 e. The summed E-state index contributed by atoms with van der Waals surface area (Å²) in [6.07, 6.45) is 0. The average molecular weight is 405 g/mol. The van der Waals surface area contributed by atoms with Crippen molar-refractivity contribution in [3.05, 3.63) is 62.1 Å². The number of hydrogen-bond donors (Lipinski definition) is 2. The Hall–Kier alpha value is -3.54. The van der Waals surface area contributed by atoms with Gasteiger partial charge in [0.2, 0.25) is 5.91 Å². The molecule has 0 aliphatic rings. The van der Waals surface area contributed by atoms with Crippen LogP contribution in [0.4, 0.5) is 8.78 Å². The fraction of sp³-hybridized carbons (Fsp3) is 0.294. The normalized spacial score (nSPS) is 12.2. The van der Waals surface area contributed by atoms with Crippen LogP contribution in [0.2, 0.25) is 0 Å². The summed E-state index contributed by atoms with van der Waals surface area (Å²) in [6.45, 7) is 1.20. The highest BCUT2D eigenvalue weighted by Crippen LogP contribution is 2.11. The fourth-order valence-corrected chi connectivity index (χ4v) is 2.56. The molecule has 10 nitrogen and oxygen atoms in total. The maximum Gasteiger partial charge on any atom is 0.332 e. The van der Waals surface area contributed by atoms with Gasteiger partial charge in [-0.1, -0.05) is 6.07 Å². The van der Waals surface area contributed by atoms with E-state index < -0.39 is 34.8 Å². The molecular weight excluding hydrogens is 388 g/mol. The molecule has 0 saturated heterocycles. The average Bonchev–Trinajstić information content (AvgIpc) is 2.70. The van der Waals surface area contributed by atoms with Crippen molar-refractivity contribution in [1.29, 1.82) is 0 Å². The number of amides is 1. The number of nitrogens with one attached hydrogen (secondary N) is 1. The molecule has 3 rings (SSSR count). The zero-order valence-electron chi connectivity index (χ0n) is 15.5. The summed E-state index contributed by atoms with van der Waals surface area (Å²) in [7, 11) is 1.26. The van der Waals surface area contributed by atoms with Gasteiger partial charge in [0.15, 0.2) is 28.6 Å². The Morgan fingerprint density at radius 3 is 2.62 bits per heavy atom. The van der Waals surface area contributed by atoms with Crippen LogP contribution in [0.5, 0.6) is 0 Å². The van der Waals surface area contributed by atoms with E-state index in [9.17, 15) is 23.2 Å². The first kappa shape index (κ1) is 20.2. The van der Waals surface area contributed by atoms with Crippen molar-refractivity contribution >= 4 is 17.1 Å². The summed E-state index contributed by atoms with van der Waals surface area (Å²) in [5, 5.41) is 10.2. The second-order valence-corrected chi connectivity index (χ2v) is 6.39. The van der Waals surface area contributed by atoms with Gasteiger partial charge in [-0.15, -0.1) is 10.2 Å². The number of carbonyl (C=O) groups excluding carboxylic acids is 1. The van der Waals surface area contributed by atoms with Crippen LogP contribution in [0, 0.1) is 11.6 Å². The molecule has 0 bridgehead atoms. The van der Waals surface area contributed by atoms with E-state index in [2.05, 4.69) is 20.5 Å². The molecule has 29 heavy (non-hydrogen) atoms. The van der Waals surface area contributed by atoms with E-state index in [0.717, 1.165) is 21.3 Å². The van der Waals surface area contributed by atoms with Gasteiger partial charge in [-0.25, -0.2) is 18.6 Å². The predicted molar refractivity (Wildman–Crippen MR) is 97.8 cm³/mol. The second kappa shape index (κ2) is 7.83. The van der Waals surface area contributed by atoms with Crippen molar-refractivity contribution < 1.29 is 13.6 Å². The molecule has 0 saturated carbocycles. The number of carbonyl (C=O) groups is 1. The molecule has 0 aliphatic heterocycles. The molecule has 1 amide bonds. The molecule has 12 heteroatoms. The molecule has 1 atom stereocenters. The van der Waals surface area contributed by atoms with Crippen LogP contribution in [-0.4, -0.2) is 36.3 Å². The van der Waals surface area contributed by atoms with E-state index in [1.807, 2.05) is 0 Å². The third-order valence-electron chi connectivity index (χ3n) is 4.15. The number of aromatic nitrogens is 5. The third kappa shape index (κ3) is 4.01. The SMILES string of the molecule is CC(N)C(=O)NCc1nnc2c(n1)c(=O)n(C)c(=O)n2Cc1ccc(F)c(F)c1. The van der Waals surface area contributed by atoms with E-state index in [4.69, 9.17) is 5.73 Å². The van der Waals surface area contributed by atoms with Crippen molar-refractivity contribution in [2.24, 2.45) is 12.8 Å². The van der Waals surface area contributed by atoms with E-state index in [0.29, 0.717) is 0 Å². The summed E-state index contributed by atoms with van der Waals surface area (Å²) in [5.74, 6) is -2.49. The molecule has 3 aromatic rings. The number of rotatable bonds is 5. The van der Waals surface area contributed by atoms with Crippen LogP contribution in [-0.2, 0) is 24.9 Å². The lowest BCUT2D eigenvalue weighted by Crippen LogP contribution is -2.40. The molecule has 3 N–H and O–H groups in total. The number of hydrogen-bond acceptors (Lipinski definition) is 7. The standard InChI is InChI=1S/C17H17F2N7O3/c1-8(20)15(27)21-6-12-22-13-14(24-23-12)26(17(29)25(2)16(13)28)7-9-3-4-10(18)11(19)5-9/h3-5,8H,6-7,20H2,1-2H3,(H,21,27). The van der Waals surface area contributed by atoms with E-state index >= 15 is 0 Å². The Morgan fingerprint density at radius 1 is 1.24 bits per heavy atom.